The number of nitrogens with one attached hydrogen (secondary N) is 2. The van der Waals surface area contributed by atoms with Crippen LogP contribution in [-0.4, -0.2) is 21.1 Å². The molecule has 2 aromatic heterocycles. The highest BCUT2D eigenvalue weighted by Gasteiger charge is 2.33. The topological polar surface area (TPSA) is 97.9 Å². The summed E-state index contributed by atoms with van der Waals surface area (Å²) in [5.41, 5.74) is 6.53. The Kier molecular flexibility index (Phi) is 3.00. The first kappa shape index (κ1) is 12.8. The Morgan fingerprint density at radius 1 is 1.50 bits per heavy atom. The van der Waals surface area contributed by atoms with E-state index in [4.69, 9.17) is 5.73 Å². The van der Waals surface area contributed by atoms with Crippen LogP contribution in [0.3, 0.4) is 0 Å². The van der Waals surface area contributed by atoms with Crippen LogP contribution >= 0.6 is 0 Å². The standard InChI is InChI=1S/C13H16N6O/c1-13(7-14)17-6-9-2-3-10(12(20)19(9)13)18-11-4-5-15-8-16-11/h2-5,8,17H,6-7,14H2,1H3,(H,15,16,18). The highest BCUT2D eigenvalue weighted by atomic mass is 16.1. The molecule has 1 aliphatic heterocycles. The van der Waals surface area contributed by atoms with Gasteiger partial charge in [-0.15, -0.1) is 0 Å². The third-order valence-corrected chi connectivity index (χ3v) is 3.55. The Morgan fingerprint density at radius 3 is 3.05 bits per heavy atom. The van der Waals surface area contributed by atoms with Gasteiger partial charge in [0.25, 0.3) is 5.56 Å². The van der Waals surface area contributed by atoms with E-state index in [0.29, 0.717) is 24.6 Å². The fourth-order valence-corrected chi connectivity index (χ4v) is 2.38. The molecule has 4 N–H and O–H groups in total. The molecular weight excluding hydrogens is 256 g/mol. The third kappa shape index (κ3) is 1.97. The molecule has 2 aromatic rings. The molecule has 0 aliphatic carbocycles. The molecule has 1 atom stereocenters. The van der Waals surface area contributed by atoms with Gasteiger partial charge in [0.15, 0.2) is 0 Å². The minimum absolute atomic E-state index is 0.112. The van der Waals surface area contributed by atoms with E-state index in [1.54, 1.807) is 22.9 Å². The number of nitrogens with zero attached hydrogens (tertiary/aromatic N) is 3. The molecule has 0 radical (unpaired) electrons. The van der Waals surface area contributed by atoms with Crippen molar-refractivity contribution in [2.45, 2.75) is 19.1 Å². The first-order chi connectivity index (χ1) is 9.64. The second-order valence-electron chi connectivity index (χ2n) is 4.93. The average Bonchev–Trinajstić information content (AvgIpc) is 2.82. The minimum atomic E-state index is -0.546. The van der Waals surface area contributed by atoms with Gasteiger partial charge in [0.1, 0.15) is 23.5 Å². The van der Waals surface area contributed by atoms with Crippen molar-refractivity contribution in [1.29, 1.82) is 0 Å². The second kappa shape index (κ2) is 4.69. The quantitative estimate of drug-likeness (QED) is 0.734. The number of rotatable bonds is 3. The van der Waals surface area contributed by atoms with Crippen molar-refractivity contribution in [2.24, 2.45) is 5.73 Å². The largest absolute Gasteiger partial charge is 0.336 e. The van der Waals surface area contributed by atoms with Crippen LogP contribution in [0.15, 0.2) is 35.5 Å². The van der Waals surface area contributed by atoms with Gasteiger partial charge < -0.3 is 11.1 Å². The van der Waals surface area contributed by atoms with Gasteiger partial charge in [0.2, 0.25) is 0 Å². The summed E-state index contributed by atoms with van der Waals surface area (Å²) in [7, 11) is 0. The molecule has 7 nitrogen and oxygen atoms in total. The molecule has 20 heavy (non-hydrogen) atoms. The predicted molar refractivity (Wildman–Crippen MR) is 75.6 cm³/mol. The van der Waals surface area contributed by atoms with Crippen LogP contribution in [0.1, 0.15) is 12.6 Å². The van der Waals surface area contributed by atoms with Crippen LogP contribution in [0.25, 0.3) is 0 Å². The molecule has 0 saturated carbocycles. The summed E-state index contributed by atoms with van der Waals surface area (Å²) in [6.07, 6.45) is 3.05. The van der Waals surface area contributed by atoms with E-state index >= 15 is 0 Å². The molecule has 7 heteroatoms. The smallest absolute Gasteiger partial charge is 0.276 e. The number of nitrogens with two attached hydrogens (primary N) is 1. The molecule has 3 heterocycles. The van der Waals surface area contributed by atoms with Crippen LogP contribution in [0.4, 0.5) is 11.5 Å². The molecule has 0 saturated heterocycles. The first-order valence-electron chi connectivity index (χ1n) is 6.37. The van der Waals surface area contributed by atoms with Crippen LogP contribution in [-0.2, 0) is 12.2 Å². The van der Waals surface area contributed by atoms with Crippen molar-refractivity contribution >= 4 is 11.5 Å². The Morgan fingerprint density at radius 2 is 2.35 bits per heavy atom. The molecule has 1 aliphatic rings. The maximum Gasteiger partial charge on any atom is 0.276 e. The minimum Gasteiger partial charge on any atom is -0.336 e. The van der Waals surface area contributed by atoms with E-state index in [1.807, 2.05) is 13.0 Å². The maximum absolute atomic E-state index is 12.6. The fourth-order valence-electron chi connectivity index (χ4n) is 2.38. The molecule has 0 spiro atoms. The maximum atomic E-state index is 12.6. The van der Waals surface area contributed by atoms with E-state index < -0.39 is 5.66 Å². The molecular formula is C13H16N6O. The molecule has 0 fully saturated rings. The van der Waals surface area contributed by atoms with Crippen molar-refractivity contribution in [1.82, 2.24) is 19.9 Å². The van der Waals surface area contributed by atoms with E-state index in [-0.39, 0.29) is 5.56 Å². The number of anilines is 2. The summed E-state index contributed by atoms with van der Waals surface area (Å²) in [4.78, 5) is 20.5. The van der Waals surface area contributed by atoms with Crippen LogP contribution in [0, 0.1) is 0 Å². The van der Waals surface area contributed by atoms with Gasteiger partial charge >= 0.3 is 0 Å². The van der Waals surface area contributed by atoms with Crippen LogP contribution in [0.2, 0.25) is 0 Å². The van der Waals surface area contributed by atoms with Crippen molar-refractivity contribution < 1.29 is 0 Å². The summed E-state index contributed by atoms with van der Waals surface area (Å²) in [5, 5.41) is 6.28. The zero-order chi connectivity index (χ0) is 14.2. The van der Waals surface area contributed by atoms with E-state index in [2.05, 4.69) is 20.6 Å². The van der Waals surface area contributed by atoms with Gasteiger partial charge in [0, 0.05) is 25.0 Å². The monoisotopic (exact) mass is 272 g/mol. The average molecular weight is 272 g/mol. The molecule has 3 rings (SSSR count). The summed E-state index contributed by atoms with van der Waals surface area (Å²) < 4.78 is 1.70. The molecule has 0 aromatic carbocycles. The van der Waals surface area contributed by atoms with Crippen LogP contribution < -0.4 is 21.9 Å². The Hall–Kier alpha value is -2.25. The summed E-state index contributed by atoms with van der Waals surface area (Å²) >= 11 is 0. The Balaban J connectivity index is 2.04. The highest BCUT2D eigenvalue weighted by Crippen LogP contribution is 2.21. The number of hydrogen-bond acceptors (Lipinski definition) is 6. The zero-order valence-electron chi connectivity index (χ0n) is 11.1. The highest BCUT2D eigenvalue weighted by molar-refractivity contribution is 5.54. The summed E-state index contributed by atoms with van der Waals surface area (Å²) in [6, 6.07) is 5.39. The summed E-state index contributed by atoms with van der Waals surface area (Å²) in [6.45, 7) is 2.90. The van der Waals surface area contributed by atoms with Gasteiger partial charge in [-0.2, -0.15) is 0 Å². The van der Waals surface area contributed by atoms with Crippen molar-refractivity contribution in [3.05, 3.63) is 46.8 Å². The van der Waals surface area contributed by atoms with Gasteiger partial charge in [-0.25, -0.2) is 9.97 Å². The number of fused-ring (bicyclic) bond motifs is 1. The summed E-state index contributed by atoms with van der Waals surface area (Å²) in [5.74, 6) is 0.582. The van der Waals surface area contributed by atoms with Gasteiger partial charge in [-0.3, -0.25) is 14.7 Å². The molecule has 0 bridgehead atoms. The lowest BCUT2D eigenvalue weighted by Gasteiger charge is -2.26. The molecule has 104 valence electrons. The Labute approximate surface area is 115 Å². The fraction of sp³-hybridized carbons (Fsp3) is 0.308. The van der Waals surface area contributed by atoms with E-state index in [9.17, 15) is 4.79 Å². The SMILES string of the molecule is CC1(CN)NCc2ccc(Nc3ccncn3)c(=O)n21. The normalized spacial score (nSPS) is 20.7. The Bertz CT molecular complexity index is 683. The van der Waals surface area contributed by atoms with Crippen LogP contribution in [0.5, 0.6) is 0 Å². The zero-order valence-corrected chi connectivity index (χ0v) is 11.1. The predicted octanol–water partition coefficient (Wildman–Crippen LogP) is 0.116. The first-order valence-corrected chi connectivity index (χ1v) is 6.37. The molecule has 0 amide bonds. The molecule has 1 unspecified atom stereocenters. The lowest BCUT2D eigenvalue weighted by atomic mass is 10.2. The lowest BCUT2D eigenvalue weighted by molar-refractivity contribution is 0.290. The van der Waals surface area contributed by atoms with Crippen molar-refractivity contribution in [2.75, 3.05) is 11.9 Å². The van der Waals surface area contributed by atoms with E-state index in [0.717, 1.165) is 5.69 Å². The van der Waals surface area contributed by atoms with Gasteiger partial charge in [0.05, 0.1) is 0 Å². The number of hydrogen-bond donors (Lipinski definition) is 3. The number of pyridine rings is 1. The lowest BCUT2D eigenvalue weighted by Crippen LogP contribution is -2.49. The van der Waals surface area contributed by atoms with E-state index in [1.165, 1.54) is 6.33 Å². The van der Waals surface area contributed by atoms with Gasteiger partial charge in [-0.1, -0.05) is 0 Å². The third-order valence-electron chi connectivity index (χ3n) is 3.55. The number of aromatic nitrogens is 3. The second-order valence-corrected chi connectivity index (χ2v) is 4.93. The van der Waals surface area contributed by atoms with Crippen molar-refractivity contribution in [3.63, 3.8) is 0 Å². The van der Waals surface area contributed by atoms with Gasteiger partial charge in [-0.05, 0) is 25.1 Å². The van der Waals surface area contributed by atoms with Crippen molar-refractivity contribution in [3.8, 4) is 0 Å².